The number of tetrazole rings is 1. The van der Waals surface area contributed by atoms with Gasteiger partial charge in [-0.1, -0.05) is 5.10 Å². The second-order valence-electron chi connectivity index (χ2n) is 3.52. The molecule has 0 spiro atoms. The molecule has 0 fully saturated rings. The molecule has 1 aromatic carbocycles. The van der Waals surface area contributed by atoms with Gasteiger partial charge in [0, 0.05) is 5.69 Å². The first-order valence-electron chi connectivity index (χ1n) is 4.81. The van der Waals surface area contributed by atoms with E-state index in [1.807, 2.05) is 4.72 Å². The highest BCUT2D eigenvalue weighted by Gasteiger charge is 2.23. The molecule has 0 bridgehead atoms. The lowest BCUT2D eigenvalue weighted by Crippen LogP contribution is -2.16. The van der Waals surface area contributed by atoms with Crippen LogP contribution in [-0.2, 0) is 17.1 Å². The molecule has 0 unspecified atom stereocenters. The van der Waals surface area contributed by atoms with E-state index in [-0.39, 0.29) is 16.1 Å². The molecule has 3 N–H and O–H groups in total. The van der Waals surface area contributed by atoms with Crippen molar-refractivity contribution in [3.05, 3.63) is 22.4 Å². The van der Waals surface area contributed by atoms with Gasteiger partial charge in [-0.15, -0.1) is 5.10 Å². The molecule has 0 aliphatic heterocycles. The zero-order valence-electron chi connectivity index (χ0n) is 9.50. The molecular weight excluding hydrogens is 343 g/mol. The fourth-order valence-electron chi connectivity index (χ4n) is 1.28. The largest absolute Gasteiger partial charge is 0.399 e. The molecule has 2 aromatic rings. The molecular formula is C8H8BrFN6O2S. The molecule has 1 heterocycles. The van der Waals surface area contributed by atoms with E-state index < -0.39 is 20.7 Å². The first-order chi connectivity index (χ1) is 8.79. The molecule has 0 saturated carbocycles. The maximum Gasteiger partial charge on any atom is 0.277 e. The van der Waals surface area contributed by atoms with E-state index in [0.29, 0.717) is 0 Å². The predicted octanol–water partition coefficient (Wildman–Crippen LogP) is 0.495. The number of halogens is 2. The van der Waals surface area contributed by atoms with Gasteiger partial charge in [-0.2, -0.15) is 4.80 Å². The van der Waals surface area contributed by atoms with E-state index in [2.05, 4.69) is 31.3 Å². The maximum atomic E-state index is 13.8. The van der Waals surface area contributed by atoms with E-state index >= 15 is 0 Å². The third-order valence-corrected chi connectivity index (χ3v) is 3.95. The Hall–Kier alpha value is -1.75. The average molecular weight is 351 g/mol. The third kappa shape index (κ3) is 2.81. The Morgan fingerprint density at radius 1 is 1.47 bits per heavy atom. The summed E-state index contributed by atoms with van der Waals surface area (Å²) in [5.74, 6) is -1.22. The van der Waals surface area contributed by atoms with E-state index in [1.54, 1.807) is 0 Å². The number of hydrogen-bond donors (Lipinski definition) is 2. The van der Waals surface area contributed by atoms with E-state index in [1.165, 1.54) is 13.1 Å². The standard InChI is InChI=1S/C8H8BrFN6O2S/c1-16-13-8(12-15-16)14-19(17,18)6-3-4(11)2-5(9)7(6)10/h2-3H,11H2,1H3,(H,13,14). The monoisotopic (exact) mass is 350 g/mol. The zero-order chi connectivity index (χ0) is 14.2. The van der Waals surface area contributed by atoms with Crippen molar-refractivity contribution < 1.29 is 12.8 Å². The number of nitrogens with two attached hydrogens (primary N) is 1. The van der Waals surface area contributed by atoms with Crippen LogP contribution < -0.4 is 10.5 Å². The summed E-state index contributed by atoms with van der Waals surface area (Å²) in [6.07, 6.45) is 0. The molecule has 2 rings (SSSR count). The summed E-state index contributed by atoms with van der Waals surface area (Å²) in [7, 11) is -2.73. The van der Waals surface area contributed by atoms with Crippen molar-refractivity contribution in [3.63, 3.8) is 0 Å². The quantitative estimate of drug-likeness (QED) is 0.778. The Morgan fingerprint density at radius 3 is 2.74 bits per heavy atom. The maximum absolute atomic E-state index is 13.8. The van der Waals surface area contributed by atoms with Gasteiger partial charge in [-0.3, -0.25) is 0 Å². The van der Waals surface area contributed by atoms with Gasteiger partial charge in [-0.05, 0) is 33.3 Å². The van der Waals surface area contributed by atoms with Crippen molar-refractivity contribution in [2.24, 2.45) is 7.05 Å². The van der Waals surface area contributed by atoms with Crippen LogP contribution in [0, 0.1) is 5.82 Å². The van der Waals surface area contributed by atoms with Crippen molar-refractivity contribution in [1.29, 1.82) is 0 Å². The van der Waals surface area contributed by atoms with Gasteiger partial charge in [0.15, 0.2) is 5.82 Å². The average Bonchev–Trinajstić information content (AvgIpc) is 2.68. The van der Waals surface area contributed by atoms with Crippen molar-refractivity contribution >= 4 is 37.6 Å². The van der Waals surface area contributed by atoms with Crippen LogP contribution in [0.1, 0.15) is 0 Å². The highest BCUT2D eigenvalue weighted by atomic mass is 79.9. The van der Waals surface area contributed by atoms with Crippen LogP contribution in [0.5, 0.6) is 0 Å². The van der Waals surface area contributed by atoms with Gasteiger partial charge in [0.1, 0.15) is 4.90 Å². The second-order valence-corrected chi connectivity index (χ2v) is 6.03. The van der Waals surface area contributed by atoms with Crippen LogP contribution in [0.2, 0.25) is 0 Å². The number of anilines is 2. The Bertz CT molecular complexity index is 731. The minimum Gasteiger partial charge on any atom is -0.399 e. The molecule has 0 aliphatic rings. The van der Waals surface area contributed by atoms with E-state index in [0.717, 1.165) is 10.9 Å². The first-order valence-corrected chi connectivity index (χ1v) is 7.08. The zero-order valence-corrected chi connectivity index (χ0v) is 11.9. The number of nitrogens with one attached hydrogen (secondary N) is 1. The summed E-state index contributed by atoms with van der Waals surface area (Å²) >= 11 is 2.88. The van der Waals surface area contributed by atoms with Crippen LogP contribution in [0.4, 0.5) is 16.0 Å². The summed E-state index contributed by atoms with van der Waals surface area (Å²) in [5, 5.41) is 10.5. The van der Waals surface area contributed by atoms with Gasteiger partial charge in [-0.25, -0.2) is 17.5 Å². The predicted molar refractivity (Wildman–Crippen MR) is 68.1 cm³/mol. The molecule has 1 aromatic heterocycles. The van der Waals surface area contributed by atoms with Gasteiger partial charge in [0.05, 0.1) is 11.5 Å². The number of rotatable bonds is 3. The van der Waals surface area contributed by atoms with Crippen molar-refractivity contribution in [3.8, 4) is 0 Å². The minimum absolute atomic E-state index is 0.0556. The summed E-state index contributed by atoms with van der Waals surface area (Å²) in [6.45, 7) is 0. The van der Waals surface area contributed by atoms with Gasteiger partial charge in [0.2, 0.25) is 0 Å². The number of sulfonamides is 1. The highest BCUT2D eigenvalue weighted by Crippen LogP contribution is 2.26. The van der Waals surface area contributed by atoms with Crippen molar-refractivity contribution in [2.75, 3.05) is 10.5 Å². The van der Waals surface area contributed by atoms with Crippen LogP contribution in [0.3, 0.4) is 0 Å². The molecule has 0 radical (unpaired) electrons. The molecule has 102 valence electrons. The molecule has 0 aliphatic carbocycles. The summed E-state index contributed by atoms with van der Waals surface area (Å²) in [4.78, 5) is 0.454. The molecule has 0 saturated heterocycles. The molecule has 19 heavy (non-hydrogen) atoms. The Kier molecular flexibility index (Phi) is 3.41. The fourth-order valence-corrected chi connectivity index (χ4v) is 2.96. The normalized spacial score (nSPS) is 11.5. The Morgan fingerprint density at radius 2 is 2.16 bits per heavy atom. The number of nitrogens with zero attached hydrogens (tertiary/aromatic N) is 4. The minimum atomic E-state index is -4.19. The van der Waals surface area contributed by atoms with Crippen LogP contribution in [0.15, 0.2) is 21.5 Å². The number of aryl methyl sites for hydroxylation is 1. The summed E-state index contributed by atoms with van der Waals surface area (Å²) in [5.41, 5.74) is 5.58. The third-order valence-electron chi connectivity index (χ3n) is 2.04. The number of aromatic nitrogens is 4. The summed E-state index contributed by atoms with van der Waals surface area (Å²) in [6, 6.07) is 2.26. The van der Waals surface area contributed by atoms with Crippen LogP contribution >= 0.6 is 15.9 Å². The van der Waals surface area contributed by atoms with E-state index in [9.17, 15) is 12.8 Å². The smallest absolute Gasteiger partial charge is 0.277 e. The second kappa shape index (κ2) is 4.74. The topological polar surface area (TPSA) is 116 Å². The molecule has 0 amide bonds. The Labute approximate surface area is 116 Å². The first kappa shape index (κ1) is 13.7. The highest BCUT2D eigenvalue weighted by molar-refractivity contribution is 9.10. The van der Waals surface area contributed by atoms with Gasteiger partial charge in [0.25, 0.3) is 16.0 Å². The SMILES string of the molecule is Cn1nnc(NS(=O)(=O)c2cc(N)cc(Br)c2F)n1. The lowest BCUT2D eigenvalue weighted by atomic mass is 10.3. The van der Waals surface area contributed by atoms with Crippen LogP contribution in [-0.4, -0.2) is 28.6 Å². The van der Waals surface area contributed by atoms with Crippen molar-refractivity contribution in [1.82, 2.24) is 20.2 Å². The summed E-state index contributed by atoms with van der Waals surface area (Å²) < 4.78 is 39.7. The number of hydrogen-bond acceptors (Lipinski definition) is 6. The molecule has 11 heteroatoms. The van der Waals surface area contributed by atoms with E-state index in [4.69, 9.17) is 5.73 Å². The lowest BCUT2D eigenvalue weighted by Gasteiger charge is -2.07. The lowest BCUT2D eigenvalue weighted by molar-refractivity contribution is 0.566. The number of benzene rings is 1. The van der Waals surface area contributed by atoms with Crippen molar-refractivity contribution in [2.45, 2.75) is 4.90 Å². The fraction of sp³-hybridized carbons (Fsp3) is 0.125. The van der Waals surface area contributed by atoms with Gasteiger partial charge < -0.3 is 5.73 Å². The van der Waals surface area contributed by atoms with Crippen LogP contribution in [0.25, 0.3) is 0 Å². The Balaban J connectivity index is 2.45. The van der Waals surface area contributed by atoms with Gasteiger partial charge >= 0.3 is 0 Å². The number of nitrogen functional groups attached to an aromatic ring is 1. The molecule has 0 atom stereocenters. The molecule has 8 nitrogen and oxygen atoms in total.